The number of fused-ring (bicyclic) bond motifs is 2. The van der Waals surface area contributed by atoms with E-state index >= 15 is 4.39 Å². The molecule has 1 aliphatic carbocycles. The summed E-state index contributed by atoms with van der Waals surface area (Å²) in [6.07, 6.45) is 9.69. The van der Waals surface area contributed by atoms with Gasteiger partial charge in [0.05, 0.1) is 46.5 Å². The predicted octanol–water partition coefficient (Wildman–Crippen LogP) is 4.69. The van der Waals surface area contributed by atoms with Gasteiger partial charge in [0, 0.05) is 36.0 Å². The second kappa shape index (κ2) is 11.1. The second-order valence-corrected chi connectivity index (χ2v) is 12.8. The van der Waals surface area contributed by atoms with Gasteiger partial charge in [-0.1, -0.05) is 6.42 Å². The molecule has 0 saturated heterocycles. The van der Waals surface area contributed by atoms with Crippen LogP contribution >= 0.6 is 0 Å². The summed E-state index contributed by atoms with van der Waals surface area (Å²) < 4.78 is 56.2. The standard InChI is InChI=1S/C30H25F2N9O3S/c1-45(43,44)36-11-15-7-17(9-19(31)8-15)26-27-21(5-6-34-26)38-29(39-27)28-23-22(40-41-28)14-35-25(24(23)32)18-10-20(13-33-12-18)37-30(42)16-3-2-4-16/h5-10,12-14,16,36H,2-4,11H2,1H3,(H,37,42)(H,38,39)(H,40,41). The van der Waals surface area contributed by atoms with Gasteiger partial charge in [0.1, 0.15) is 22.7 Å². The first-order chi connectivity index (χ1) is 21.6. The Bertz CT molecular complexity index is 2230. The van der Waals surface area contributed by atoms with E-state index in [1.54, 1.807) is 18.2 Å². The quantitative estimate of drug-likeness (QED) is 0.188. The van der Waals surface area contributed by atoms with Crippen molar-refractivity contribution >= 4 is 43.6 Å². The number of anilines is 1. The van der Waals surface area contributed by atoms with Crippen molar-refractivity contribution in [3.05, 3.63) is 72.3 Å². The number of H-pyrrole nitrogens is 2. The van der Waals surface area contributed by atoms with Crippen molar-refractivity contribution in [2.24, 2.45) is 5.92 Å². The smallest absolute Gasteiger partial charge is 0.227 e. The number of halogens is 2. The Morgan fingerprint density at radius 2 is 1.84 bits per heavy atom. The molecule has 1 amide bonds. The van der Waals surface area contributed by atoms with E-state index in [1.165, 1.54) is 36.9 Å². The van der Waals surface area contributed by atoms with Gasteiger partial charge >= 0.3 is 0 Å². The molecule has 6 aromatic rings. The number of aromatic nitrogens is 7. The molecule has 45 heavy (non-hydrogen) atoms. The number of benzene rings is 1. The number of amides is 1. The minimum atomic E-state index is -3.49. The summed E-state index contributed by atoms with van der Waals surface area (Å²) in [6, 6.07) is 7.43. The Labute approximate surface area is 254 Å². The molecular formula is C30H25F2N9O3S. The summed E-state index contributed by atoms with van der Waals surface area (Å²) in [4.78, 5) is 33.1. The lowest BCUT2D eigenvalue weighted by atomic mass is 9.85. The maximum atomic E-state index is 16.2. The third kappa shape index (κ3) is 5.62. The zero-order valence-electron chi connectivity index (χ0n) is 23.7. The fourth-order valence-corrected chi connectivity index (χ4v) is 5.69. The van der Waals surface area contributed by atoms with Gasteiger partial charge in [0.2, 0.25) is 15.9 Å². The van der Waals surface area contributed by atoms with E-state index in [-0.39, 0.29) is 41.0 Å². The molecule has 1 saturated carbocycles. The molecular weight excluding hydrogens is 604 g/mol. The number of aromatic amines is 2. The summed E-state index contributed by atoms with van der Waals surface area (Å²) in [5.74, 6) is -1.11. The van der Waals surface area contributed by atoms with E-state index in [4.69, 9.17) is 0 Å². The largest absolute Gasteiger partial charge is 0.336 e. The van der Waals surface area contributed by atoms with Crippen LogP contribution in [0, 0.1) is 17.6 Å². The molecule has 0 unspecified atom stereocenters. The first-order valence-corrected chi connectivity index (χ1v) is 15.9. The van der Waals surface area contributed by atoms with Crippen LogP contribution in [-0.4, -0.2) is 55.7 Å². The van der Waals surface area contributed by atoms with Crippen molar-refractivity contribution in [2.45, 2.75) is 25.8 Å². The van der Waals surface area contributed by atoms with Gasteiger partial charge in [-0.15, -0.1) is 0 Å². The number of carbonyl (C=O) groups excluding carboxylic acids is 1. The summed E-state index contributed by atoms with van der Waals surface area (Å²) in [5, 5.41) is 10.1. The van der Waals surface area contributed by atoms with Gasteiger partial charge in [-0.05, 0) is 48.7 Å². The first kappa shape index (κ1) is 28.6. The van der Waals surface area contributed by atoms with Crippen LogP contribution in [0.3, 0.4) is 0 Å². The van der Waals surface area contributed by atoms with Crippen molar-refractivity contribution in [3.8, 4) is 34.0 Å². The summed E-state index contributed by atoms with van der Waals surface area (Å²) in [7, 11) is -3.49. The molecule has 4 N–H and O–H groups in total. The molecule has 1 aliphatic rings. The molecule has 0 bridgehead atoms. The SMILES string of the molecule is CS(=O)(=O)NCc1cc(F)cc(-c2nccc3[nH]c(-c4n[nH]c5cnc(-c6cncc(NC(=O)C7CCC7)c6)c(F)c45)nc23)c1. The molecule has 15 heteroatoms. The molecule has 5 aromatic heterocycles. The topological polar surface area (TPSA) is 171 Å². The number of pyridine rings is 3. The summed E-state index contributed by atoms with van der Waals surface area (Å²) in [5.41, 5.74) is 3.39. The highest BCUT2D eigenvalue weighted by Crippen LogP contribution is 2.35. The Balaban J connectivity index is 1.26. The van der Waals surface area contributed by atoms with Gasteiger partial charge in [0.25, 0.3) is 0 Å². The van der Waals surface area contributed by atoms with Gasteiger partial charge in [-0.3, -0.25) is 24.8 Å². The van der Waals surface area contributed by atoms with Crippen LogP contribution < -0.4 is 10.0 Å². The number of nitrogens with zero attached hydrogens (tertiary/aromatic N) is 5. The van der Waals surface area contributed by atoms with Gasteiger partial charge in [-0.25, -0.2) is 26.9 Å². The van der Waals surface area contributed by atoms with Crippen LogP contribution in [0.15, 0.2) is 55.1 Å². The molecule has 0 radical (unpaired) electrons. The van der Waals surface area contributed by atoms with Crippen molar-refractivity contribution in [2.75, 3.05) is 11.6 Å². The van der Waals surface area contributed by atoms with Crippen molar-refractivity contribution in [1.29, 1.82) is 0 Å². The number of hydrogen-bond donors (Lipinski definition) is 4. The molecule has 1 aromatic carbocycles. The van der Waals surface area contributed by atoms with E-state index in [2.05, 4.69) is 45.2 Å². The van der Waals surface area contributed by atoms with E-state index in [0.717, 1.165) is 25.5 Å². The van der Waals surface area contributed by atoms with E-state index in [1.807, 2.05) is 0 Å². The van der Waals surface area contributed by atoms with E-state index in [9.17, 15) is 17.6 Å². The summed E-state index contributed by atoms with van der Waals surface area (Å²) >= 11 is 0. The number of rotatable bonds is 8. The van der Waals surface area contributed by atoms with Gasteiger partial charge < -0.3 is 10.3 Å². The number of carbonyl (C=O) groups is 1. The minimum absolute atomic E-state index is 0.0193. The molecule has 1 fully saturated rings. The number of imidazole rings is 1. The third-order valence-corrected chi connectivity index (χ3v) is 8.36. The fourth-order valence-electron chi connectivity index (χ4n) is 5.26. The maximum absolute atomic E-state index is 16.2. The van der Waals surface area contributed by atoms with E-state index in [0.29, 0.717) is 44.6 Å². The lowest BCUT2D eigenvalue weighted by Crippen LogP contribution is -2.28. The zero-order valence-corrected chi connectivity index (χ0v) is 24.5. The summed E-state index contributed by atoms with van der Waals surface area (Å²) in [6.45, 7) is -0.106. The highest BCUT2D eigenvalue weighted by molar-refractivity contribution is 7.88. The number of hydrogen-bond acceptors (Lipinski definition) is 8. The third-order valence-electron chi connectivity index (χ3n) is 7.69. The molecule has 228 valence electrons. The minimum Gasteiger partial charge on any atom is -0.336 e. The van der Waals surface area contributed by atoms with Gasteiger partial charge in [-0.2, -0.15) is 5.10 Å². The first-order valence-electron chi connectivity index (χ1n) is 14.0. The monoisotopic (exact) mass is 629 g/mol. The highest BCUT2D eigenvalue weighted by Gasteiger charge is 2.26. The Hall–Kier alpha value is -5.15. The molecule has 12 nitrogen and oxygen atoms in total. The van der Waals surface area contributed by atoms with Crippen LogP contribution in [0.5, 0.6) is 0 Å². The highest BCUT2D eigenvalue weighted by atomic mass is 32.2. The van der Waals surface area contributed by atoms with Crippen molar-refractivity contribution < 1.29 is 22.0 Å². The van der Waals surface area contributed by atoms with Crippen molar-refractivity contribution in [3.63, 3.8) is 0 Å². The average molecular weight is 630 g/mol. The number of nitrogens with one attached hydrogen (secondary N) is 4. The molecule has 7 rings (SSSR count). The Morgan fingerprint density at radius 3 is 2.62 bits per heavy atom. The van der Waals surface area contributed by atoms with E-state index < -0.39 is 21.7 Å². The van der Waals surface area contributed by atoms with Crippen LogP contribution in [0.1, 0.15) is 24.8 Å². The van der Waals surface area contributed by atoms with Crippen LogP contribution in [0.25, 0.3) is 56.0 Å². The Morgan fingerprint density at radius 1 is 1.00 bits per heavy atom. The normalized spacial score (nSPS) is 13.8. The molecule has 5 heterocycles. The molecule has 0 atom stereocenters. The van der Waals surface area contributed by atoms with Crippen molar-refractivity contribution in [1.82, 2.24) is 39.8 Å². The van der Waals surface area contributed by atoms with Crippen LogP contribution in [-0.2, 0) is 21.4 Å². The number of sulfonamides is 1. The Kier molecular flexibility index (Phi) is 7.05. The average Bonchev–Trinajstić information content (AvgIpc) is 3.60. The lowest BCUT2D eigenvalue weighted by molar-refractivity contribution is -0.122. The fraction of sp³-hybridized carbons (Fsp3) is 0.200. The second-order valence-electron chi connectivity index (χ2n) is 10.9. The van der Waals surface area contributed by atoms with Gasteiger partial charge in [0.15, 0.2) is 11.6 Å². The zero-order chi connectivity index (χ0) is 31.3. The predicted molar refractivity (Wildman–Crippen MR) is 163 cm³/mol. The van der Waals surface area contributed by atoms with Crippen LogP contribution in [0.2, 0.25) is 0 Å². The molecule has 0 aliphatic heterocycles. The molecule has 0 spiro atoms. The van der Waals surface area contributed by atoms with Crippen LogP contribution in [0.4, 0.5) is 14.5 Å². The lowest BCUT2D eigenvalue weighted by Gasteiger charge is -2.24. The maximum Gasteiger partial charge on any atom is 0.227 e.